The van der Waals surface area contributed by atoms with Crippen molar-refractivity contribution >= 4 is 29.7 Å². The van der Waals surface area contributed by atoms with E-state index in [0.717, 1.165) is 10.7 Å². The van der Waals surface area contributed by atoms with Gasteiger partial charge in [0.15, 0.2) is 0 Å². The van der Waals surface area contributed by atoms with Crippen molar-refractivity contribution < 1.29 is 17.6 Å². The van der Waals surface area contributed by atoms with Crippen LogP contribution >= 0.6 is 24.0 Å². The summed E-state index contributed by atoms with van der Waals surface area (Å²) in [5, 5.41) is 6.52. The molecule has 0 spiro atoms. The fourth-order valence-corrected chi connectivity index (χ4v) is 1.86. The predicted octanol–water partition coefficient (Wildman–Crippen LogP) is 4.27. The fraction of sp³-hybridized carbons (Fsp3) is 0.250. The number of benzene rings is 1. The van der Waals surface area contributed by atoms with Crippen LogP contribution in [-0.2, 0) is 19.8 Å². The average molecular weight is 344 g/mol. The van der Waals surface area contributed by atoms with Crippen molar-refractivity contribution in [2.45, 2.75) is 12.7 Å². The van der Waals surface area contributed by atoms with Crippen molar-refractivity contribution in [3.05, 3.63) is 46.5 Å². The van der Waals surface area contributed by atoms with Crippen molar-refractivity contribution in [3.8, 4) is 0 Å². The van der Waals surface area contributed by atoms with Crippen LogP contribution in [-0.4, -0.2) is 9.78 Å². The van der Waals surface area contributed by atoms with Gasteiger partial charge in [0.2, 0.25) is 0 Å². The van der Waals surface area contributed by atoms with Gasteiger partial charge in [0.25, 0.3) is 0 Å². The smallest absolute Gasteiger partial charge is 0.379 e. The number of nitrogens with zero attached hydrogens (tertiary/aromatic N) is 2. The minimum Gasteiger partial charge on any atom is -0.379 e. The molecule has 0 bridgehead atoms. The second-order valence-corrected chi connectivity index (χ2v) is 4.53. The Labute approximate surface area is 129 Å². The van der Waals surface area contributed by atoms with E-state index in [1.54, 1.807) is 0 Å². The molecule has 1 aromatic heterocycles. The zero-order chi connectivity index (χ0) is 14.9. The van der Waals surface area contributed by atoms with Crippen LogP contribution in [0.4, 0.5) is 23.2 Å². The van der Waals surface area contributed by atoms with Gasteiger partial charge in [-0.15, -0.1) is 12.4 Å². The lowest BCUT2D eigenvalue weighted by Gasteiger charge is -2.05. The Kier molecular flexibility index (Phi) is 5.47. The Morgan fingerprint density at radius 1 is 1.29 bits per heavy atom. The molecule has 0 saturated heterocycles. The summed E-state index contributed by atoms with van der Waals surface area (Å²) in [6.45, 7) is 0.0753. The largest absolute Gasteiger partial charge is 0.433 e. The Hall–Kier alpha value is -1.47. The van der Waals surface area contributed by atoms with Crippen LogP contribution in [0.2, 0.25) is 5.02 Å². The molecule has 1 aromatic carbocycles. The lowest BCUT2D eigenvalue weighted by Crippen LogP contribution is -2.11. The van der Waals surface area contributed by atoms with Crippen LogP contribution in [0.1, 0.15) is 11.4 Å². The first-order valence-corrected chi connectivity index (χ1v) is 5.94. The summed E-state index contributed by atoms with van der Waals surface area (Å²) < 4.78 is 51.5. The predicted molar refractivity (Wildman–Crippen MR) is 74.2 cm³/mol. The summed E-state index contributed by atoms with van der Waals surface area (Å²) >= 11 is 5.60. The highest BCUT2D eigenvalue weighted by Crippen LogP contribution is 2.29. The molecule has 0 unspecified atom stereocenters. The number of alkyl halides is 3. The lowest BCUT2D eigenvalue weighted by atomic mass is 10.3. The Bertz CT molecular complexity index is 625. The van der Waals surface area contributed by atoms with Crippen molar-refractivity contribution in [2.75, 3.05) is 5.32 Å². The monoisotopic (exact) mass is 343 g/mol. The normalized spacial score (nSPS) is 11.1. The van der Waals surface area contributed by atoms with Crippen LogP contribution in [0.5, 0.6) is 0 Å². The molecule has 3 nitrogen and oxygen atoms in total. The molecule has 116 valence electrons. The standard InChI is InChI=1S/C12H10ClF4N3.ClH/c1-20-11(12(15,16)17)5-8(19-20)6-18-7-2-3-10(14)9(13)4-7;/h2-5,18H,6H2,1H3;1H. The highest BCUT2D eigenvalue weighted by molar-refractivity contribution is 6.31. The summed E-state index contributed by atoms with van der Waals surface area (Å²) in [5.41, 5.74) is -0.109. The zero-order valence-electron chi connectivity index (χ0n) is 10.7. The number of hydrogen-bond donors (Lipinski definition) is 1. The number of anilines is 1. The van der Waals surface area contributed by atoms with Gasteiger partial charge in [0, 0.05) is 12.7 Å². The molecule has 0 aliphatic carbocycles. The third kappa shape index (κ3) is 4.25. The maximum Gasteiger partial charge on any atom is 0.433 e. The second kappa shape index (κ2) is 6.53. The molecule has 0 aliphatic rings. The molecule has 0 atom stereocenters. The van der Waals surface area contributed by atoms with Crippen LogP contribution in [0.15, 0.2) is 24.3 Å². The van der Waals surface area contributed by atoms with E-state index >= 15 is 0 Å². The first kappa shape index (κ1) is 17.6. The third-order valence-electron chi connectivity index (χ3n) is 2.61. The Morgan fingerprint density at radius 2 is 1.95 bits per heavy atom. The molecule has 2 rings (SSSR count). The number of aromatic nitrogens is 2. The van der Waals surface area contributed by atoms with Gasteiger partial charge in [-0.25, -0.2) is 4.39 Å². The van der Waals surface area contributed by atoms with Crippen LogP contribution < -0.4 is 5.32 Å². The number of hydrogen-bond acceptors (Lipinski definition) is 2. The summed E-state index contributed by atoms with van der Waals surface area (Å²) in [5.74, 6) is -0.561. The van der Waals surface area contributed by atoms with Crippen LogP contribution in [0.3, 0.4) is 0 Å². The lowest BCUT2D eigenvalue weighted by molar-refractivity contribution is -0.143. The summed E-state index contributed by atoms with van der Waals surface area (Å²) in [7, 11) is 1.22. The topological polar surface area (TPSA) is 29.9 Å². The maximum absolute atomic E-state index is 12.9. The van der Waals surface area contributed by atoms with Crippen molar-refractivity contribution in [1.29, 1.82) is 0 Å². The average Bonchev–Trinajstić information content (AvgIpc) is 2.72. The van der Waals surface area contributed by atoms with E-state index in [1.165, 1.54) is 25.2 Å². The number of nitrogens with one attached hydrogen (secondary N) is 1. The quantitative estimate of drug-likeness (QED) is 0.843. The molecule has 9 heteroatoms. The Balaban J connectivity index is 0.00000220. The first-order valence-electron chi connectivity index (χ1n) is 5.56. The molecule has 0 amide bonds. The van der Waals surface area contributed by atoms with E-state index in [0.29, 0.717) is 5.69 Å². The molecule has 2 aromatic rings. The summed E-state index contributed by atoms with van der Waals surface area (Å²) in [6, 6.07) is 4.92. The SMILES string of the molecule is Cl.Cn1nc(CNc2ccc(F)c(Cl)c2)cc1C(F)(F)F. The second-order valence-electron chi connectivity index (χ2n) is 4.12. The first-order chi connectivity index (χ1) is 9.27. The van der Waals surface area contributed by atoms with E-state index in [1.807, 2.05) is 0 Å². The molecular weight excluding hydrogens is 333 g/mol. The molecule has 0 aliphatic heterocycles. The molecule has 1 N–H and O–H groups in total. The van der Waals surface area contributed by atoms with E-state index in [4.69, 9.17) is 11.6 Å². The van der Waals surface area contributed by atoms with Gasteiger partial charge in [-0.3, -0.25) is 4.68 Å². The fourth-order valence-electron chi connectivity index (χ4n) is 1.68. The van der Waals surface area contributed by atoms with Crippen molar-refractivity contribution in [3.63, 3.8) is 0 Å². The molecule has 21 heavy (non-hydrogen) atoms. The number of halogens is 6. The molecule has 0 saturated carbocycles. The van der Waals surface area contributed by atoms with E-state index in [2.05, 4.69) is 10.4 Å². The maximum atomic E-state index is 12.9. The number of rotatable bonds is 3. The number of aryl methyl sites for hydroxylation is 1. The van der Waals surface area contributed by atoms with Gasteiger partial charge >= 0.3 is 6.18 Å². The minimum absolute atomic E-state index is 0. The summed E-state index contributed by atoms with van der Waals surface area (Å²) in [6.07, 6.45) is -4.45. The van der Waals surface area contributed by atoms with Gasteiger partial charge < -0.3 is 5.32 Å². The molecular formula is C12H11Cl2F4N3. The minimum atomic E-state index is -4.45. The van der Waals surface area contributed by atoms with Crippen molar-refractivity contribution in [1.82, 2.24) is 9.78 Å². The Morgan fingerprint density at radius 3 is 2.48 bits per heavy atom. The van der Waals surface area contributed by atoms with Crippen LogP contribution in [0.25, 0.3) is 0 Å². The molecule has 0 radical (unpaired) electrons. The van der Waals surface area contributed by atoms with Gasteiger partial charge in [0.05, 0.1) is 17.3 Å². The van der Waals surface area contributed by atoms with Gasteiger partial charge in [-0.1, -0.05) is 11.6 Å². The summed E-state index contributed by atoms with van der Waals surface area (Å²) in [4.78, 5) is 0. The highest BCUT2D eigenvalue weighted by Gasteiger charge is 2.34. The van der Waals surface area contributed by atoms with E-state index < -0.39 is 17.7 Å². The molecule has 0 fully saturated rings. The highest BCUT2D eigenvalue weighted by atomic mass is 35.5. The van der Waals surface area contributed by atoms with Gasteiger partial charge in [-0.2, -0.15) is 18.3 Å². The zero-order valence-corrected chi connectivity index (χ0v) is 12.3. The van der Waals surface area contributed by atoms with Crippen molar-refractivity contribution in [2.24, 2.45) is 7.05 Å². The van der Waals surface area contributed by atoms with E-state index in [9.17, 15) is 17.6 Å². The van der Waals surface area contributed by atoms with Crippen LogP contribution in [0, 0.1) is 5.82 Å². The molecule has 1 heterocycles. The van der Waals surface area contributed by atoms with Gasteiger partial charge in [0.1, 0.15) is 11.5 Å². The third-order valence-corrected chi connectivity index (χ3v) is 2.90. The van der Waals surface area contributed by atoms with E-state index in [-0.39, 0.29) is 29.7 Å². The van der Waals surface area contributed by atoms with Gasteiger partial charge in [-0.05, 0) is 24.3 Å².